The fraction of sp³-hybridized carbons (Fsp3) is 0.0417. The van der Waals surface area contributed by atoms with Crippen molar-refractivity contribution in [3.8, 4) is 16.8 Å². The molecule has 4 heterocycles. The summed E-state index contributed by atoms with van der Waals surface area (Å²) in [5.74, 6) is 0.904. The third-order valence-corrected chi connectivity index (χ3v) is 10.6. The second kappa shape index (κ2) is 11.4. The number of rotatable bonds is 6. The van der Waals surface area contributed by atoms with Crippen LogP contribution in [0.3, 0.4) is 0 Å². The quantitative estimate of drug-likeness (QED) is 0.165. The molecule has 4 nitrogen and oxygen atoms in total. The van der Waals surface area contributed by atoms with Crippen LogP contribution >= 0.6 is 0 Å². The Morgan fingerprint density at radius 2 is 1.25 bits per heavy atom. The molecule has 0 atom stereocenters. The third kappa shape index (κ3) is 4.09. The molecule has 0 fully saturated rings. The molecule has 10 aromatic rings. The molecule has 248 valence electrons. The maximum absolute atomic E-state index is 7.07. The molecule has 52 heavy (non-hydrogen) atoms. The largest absolute Gasteiger partial charge is 0.456 e. The Bertz CT molecular complexity index is 3170. The van der Waals surface area contributed by atoms with Crippen molar-refractivity contribution in [2.24, 2.45) is 0 Å². The SMILES string of the molecule is C=C/C=C(\C=C)n1c2ccccc2c2c3oc4c(ccc5c4c4ccccc4n5-c4ccc(-c5cccc6c(C)c(/C=C\C)oc56)cc4)c3ccc21. The van der Waals surface area contributed by atoms with Gasteiger partial charge in [0.1, 0.15) is 22.5 Å². The summed E-state index contributed by atoms with van der Waals surface area (Å²) in [5, 5.41) is 7.83. The fourth-order valence-corrected chi connectivity index (χ4v) is 8.30. The lowest BCUT2D eigenvalue weighted by Gasteiger charge is -2.10. The highest BCUT2D eigenvalue weighted by Crippen LogP contribution is 2.45. The van der Waals surface area contributed by atoms with Crippen molar-refractivity contribution < 1.29 is 8.83 Å². The van der Waals surface area contributed by atoms with Gasteiger partial charge in [-0.25, -0.2) is 0 Å². The number of allylic oxidation sites excluding steroid dienone is 5. The average Bonchev–Trinajstić information content (AvgIpc) is 3.92. The van der Waals surface area contributed by atoms with Crippen molar-refractivity contribution in [2.45, 2.75) is 13.8 Å². The van der Waals surface area contributed by atoms with Crippen molar-refractivity contribution in [1.29, 1.82) is 0 Å². The van der Waals surface area contributed by atoms with Crippen LogP contribution in [-0.2, 0) is 0 Å². The number of para-hydroxylation sites is 3. The summed E-state index contributed by atoms with van der Waals surface area (Å²) in [4.78, 5) is 0. The van der Waals surface area contributed by atoms with Crippen molar-refractivity contribution in [3.05, 3.63) is 164 Å². The van der Waals surface area contributed by atoms with Crippen LogP contribution in [0.4, 0.5) is 0 Å². The predicted molar refractivity (Wildman–Crippen MR) is 220 cm³/mol. The normalized spacial score (nSPS) is 12.6. The molecule has 0 saturated carbocycles. The topological polar surface area (TPSA) is 36.1 Å². The van der Waals surface area contributed by atoms with E-state index < -0.39 is 0 Å². The second-order valence-electron chi connectivity index (χ2n) is 13.3. The Kier molecular flexibility index (Phi) is 6.58. The minimum Gasteiger partial charge on any atom is -0.456 e. The van der Waals surface area contributed by atoms with Gasteiger partial charge in [-0.05, 0) is 86.2 Å². The molecule has 0 aliphatic heterocycles. The molecule has 0 N–H and O–H groups in total. The van der Waals surface area contributed by atoms with Crippen molar-refractivity contribution in [3.63, 3.8) is 0 Å². The first kappa shape index (κ1) is 30.1. The van der Waals surface area contributed by atoms with Gasteiger partial charge in [-0.3, -0.25) is 0 Å². The Labute approximate surface area is 300 Å². The predicted octanol–water partition coefficient (Wildman–Crippen LogP) is 13.8. The first-order valence-electron chi connectivity index (χ1n) is 17.6. The molecule has 4 aromatic heterocycles. The Balaban J connectivity index is 1.20. The van der Waals surface area contributed by atoms with E-state index in [0.717, 1.165) is 110 Å². The molecule has 0 aliphatic rings. The zero-order chi connectivity index (χ0) is 35.1. The number of furan rings is 2. The van der Waals surface area contributed by atoms with Crippen LogP contribution < -0.4 is 0 Å². The zero-order valence-corrected chi connectivity index (χ0v) is 29.0. The number of hydrogen-bond acceptors (Lipinski definition) is 2. The zero-order valence-electron chi connectivity index (χ0n) is 29.0. The van der Waals surface area contributed by atoms with Crippen molar-refractivity contribution in [1.82, 2.24) is 9.13 Å². The molecule has 0 amide bonds. The lowest BCUT2D eigenvalue weighted by Crippen LogP contribution is -1.93. The lowest BCUT2D eigenvalue weighted by atomic mass is 10.0. The van der Waals surface area contributed by atoms with Crippen LogP contribution in [0.2, 0.25) is 0 Å². The van der Waals surface area contributed by atoms with Crippen LogP contribution in [0, 0.1) is 6.92 Å². The van der Waals surface area contributed by atoms with Gasteiger partial charge in [0.2, 0.25) is 0 Å². The van der Waals surface area contributed by atoms with Gasteiger partial charge in [0.05, 0.1) is 32.8 Å². The Morgan fingerprint density at radius 3 is 1.96 bits per heavy atom. The van der Waals surface area contributed by atoms with E-state index in [2.05, 4.69) is 144 Å². The molecular weight excluding hydrogens is 637 g/mol. The summed E-state index contributed by atoms with van der Waals surface area (Å²) in [6, 6.07) is 41.2. The summed E-state index contributed by atoms with van der Waals surface area (Å²) >= 11 is 0. The number of nitrogens with zero attached hydrogens (tertiary/aromatic N) is 2. The number of aryl methyl sites for hydroxylation is 1. The van der Waals surface area contributed by atoms with E-state index in [1.54, 1.807) is 6.08 Å². The van der Waals surface area contributed by atoms with Crippen LogP contribution in [-0.4, -0.2) is 9.13 Å². The minimum absolute atomic E-state index is 0.887. The maximum atomic E-state index is 7.07. The van der Waals surface area contributed by atoms with Crippen LogP contribution in [0.25, 0.3) is 105 Å². The molecule has 0 spiro atoms. The summed E-state index contributed by atoms with van der Waals surface area (Å²) in [6.07, 6.45) is 9.72. The summed E-state index contributed by atoms with van der Waals surface area (Å²) < 4.78 is 18.0. The van der Waals surface area contributed by atoms with E-state index in [1.165, 1.54) is 0 Å². The molecule has 4 heteroatoms. The smallest absolute Gasteiger partial charge is 0.145 e. The fourth-order valence-electron chi connectivity index (χ4n) is 8.30. The number of fused-ring (bicyclic) bond motifs is 12. The van der Waals surface area contributed by atoms with E-state index in [0.29, 0.717) is 0 Å². The third-order valence-electron chi connectivity index (χ3n) is 10.6. The number of hydrogen-bond donors (Lipinski definition) is 0. The molecule has 0 bridgehead atoms. The Hall–Kier alpha value is -6.78. The van der Waals surface area contributed by atoms with Gasteiger partial charge in [-0.1, -0.05) is 92.0 Å². The summed E-state index contributed by atoms with van der Waals surface area (Å²) in [5.41, 5.74) is 12.5. The molecule has 0 saturated heterocycles. The van der Waals surface area contributed by atoms with Crippen molar-refractivity contribution in [2.75, 3.05) is 0 Å². The van der Waals surface area contributed by atoms with Gasteiger partial charge in [-0.2, -0.15) is 0 Å². The standard InChI is InChI=1S/C48H34N2O2/c1-5-13-31(7-3)49-39-19-10-8-15-37(39)44-41(49)27-25-35-36-26-28-42-45(48(36)52-47(35)44)38-16-9-11-20-40(38)50(42)32-23-21-30(22-24-32)34-18-12-17-33-29(4)43(14-6-2)51-46(33)34/h5-28H,1,3H2,2,4H3/b14-6-,31-13+. The molecular formula is C48H34N2O2. The van der Waals surface area contributed by atoms with Gasteiger partial charge in [0, 0.05) is 49.4 Å². The summed E-state index contributed by atoms with van der Waals surface area (Å²) in [6.45, 7) is 12.2. The highest BCUT2D eigenvalue weighted by Gasteiger charge is 2.22. The monoisotopic (exact) mass is 670 g/mol. The highest BCUT2D eigenvalue weighted by molar-refractivity contribution is 6.29. The molecule has 0 unspecified atom stereocenters. The molecule has 0 aliphatic carbocycles. The second-order valence-corrected chi connectivity index (χ2v) is 13.3. The maximum Gasteiger partial charge on any atom is 0.145 e. The van der Waals surface area contributed by atoms with E-state index in [1.807, 2.05) is 31.2 Å². The minimum atomic E-state index is 0.887. The summed E-state index contributed by atoms with van der Waals surface area (Å²) in [7, 11) is 0. The van der Waals surface area contributed by atoms with E-state index in [4.69, 9.17) is 8.83 Å². The van der Waals surface area contributed by atoms with Crippen molar-refractivity contribution >= 4 is 88.3 Å². The van der Waals surface area contributed by atoms with Gasteiger partial charge in [0.25, 0.3) is 0 Å². The molecule has 0 radical (unpaired) electrons. The van der Waals surface area contributed by atoms with Gasteiger partial charge in [0.15, 0.2) is 0 Å². The molecule has 10 rings (SSSR count). The first-order valence-corrected chi connectivity index (χ1v) is 17.6. The van der Waals surface area contributed by atoms with Crippen LogP contribution in [0.5, 0.6) is 0 Å². The molecule has 6 aromatic carbocycles. The Morgan fingerprint density at radius 1 is 0.596 bits per heavy atom. The van der Waals surface area contributed by atoms with E-state index in [9.17, 15) is 0 Å². The van der Waals surface area contributed by atoms with Crippen LogP contribution in [0.15, 0.2) is 162 Å². The number of aromatic nitrogens is 2. The first-order chi connectivity index (χ1) is 25.6. The lowest BCUT2D eigenvalue weighted by molar-refractivity contribution is 0.602. The van der Waals surface area contributed by atoms with Gasteiger partial charge < -0.3 is 18.0 Å². The highest BCUT2D eigenvalue weighted by atomic mass is 16.3. The van der Waals surface area contributed by atoms with E-state index in [-0.39, 0.29) is 0 Å². The van der Waals surface area contributed by atoms with Gasteiger partial charge >= 0.3 is 0 Å². The average molecular weight is 671 g/mol. The number of benzene rings is 6. The van der Waals surface area contributed by atoms with Crippen LogP contribution in [0.1, 0.15) is 18.2 Å². The van der Waals surface area contributed by atoms with Gasteiger partial charge in [-0.15, -0.1) is 0 Å². The van der Waals surface area contributed by atoms with E-state index >= 15 is 0 Å².